The van der Waals surface area contributed by atoms with Crippen LogP contribution < -0.4 is 4.72 Å². The largest absolute Gasteiger partial charge is 0.481 e. The van der Waals surface area contributed by atoms with E-state index in [0.29, 0.717) is 12.8 Å². The third-order valence-electron chi connectivity index (χ3n) is 1.75. The smallest absolute Gasteiger partial charge is 0.303 e. The summed E-state index contributed by atoms with van der Waals surface area (Å²) >= 11 is 0. The molecule has 5 nitrogen and oxygen atoms in total. The van der Waals surface area contributed by atoms with Crippen LogP contribution in [-0.4, -0.2) is 31.3 Å². The fourth-order valence-corrected chi connectivity index (χ4v) is 2.27. The summed E-state index contributed by atoms with van der Waals surface area (Å²) in [7, 11) is -3.30. The number of sulfonamides is 1. The van der Waals surface area contributed by atoms with Gasteiger partial charge in [-0.05, 0) is 19.8 Å². The summed E-state index contributed by atoms with van der Waals surface area (Å²) < 4.78 is 24.9. The summed E-state index contributed by atoms with van der Waals surface area (Å²) in [6.45, 7) is 5.05. The standard InChI is InChI=1S/C9H17NO4S/c1-3-7-15(13,14)10-8(2)5-4-6-9(11)12/h3,8,10H,1,4-7H2,2H3,(H,11,12). The van der Waals surface area contributed by atoms with Crippen molar-refractivity contribution in [2.24, 2.45) is 0 Å². The quantitative estimate of drug-likeness (QED) is 0.608. The molecule has 0 aromatic carbocycles. The van der Waals surface area contributed by atoms with E-state index in [1.54, 1.807) is 6.92 Å². The average molecular weight is 235 g/mol. The zero-order valence-corrected chi connectivity index (χ0v) is 9.59. The van der Waals surface area contributed by atoms with E-state index in [4.69, 9.17) is 5.11 Å². The number of carboxylic acids is 1. The van der Waals surface area contributed by atoms with Crippen molar-refractivity contribution in [3.63, 3.8) is 0 Å². The Morgan fingerprint density at radius 1 is 1.60 bits per heavy atom. The molecular weight excluding hydrogens is 218 g/mol. The highest BCUT2D eigenvalue weighted by molar-refractivity contribution is 7.89. The lowest BCUT2D eigenvalue weighted by molar-refractivity contribution is -0.137. The van der Waals surface area contributed by atoms with Gasteiger partial charge in [0.15, 0.2) is 0 Å². The van der Waals surface area contributed by atoms with Crippen LogP contribution in [0, 0.1) is 0 Å². The Balaban J connectivity index is 3.87. The molecule has 0 spiro atoms. The molecular formula is C9H17NO4S. The lowest BCUT2D eigenvalue weighted by atomic mass is 10.1. The van der Waals surface area contributed by atoms with Gasteiger partial charge in [0, 0.05) is 12.5 Å². The topological polar surface area (TPSA) is 83.5 Å². The van der Waals surface area contributed by atoms with Crippen molar-refractivity contribution in [3.8, 4) is 0 Å². The van der Waals surface area contributed by atoms with Gasteiger partial charge in [0.1, 0.15) is 0 Å². The van der Waals surface area contributed by atoms with Crippen LogP contribution in [0.1, 0.15) is 26.2 Å². The molecule has 2 N–H and O–H groups in total. The number of carbonyl (C=O) groups is 1. The minimum absolute atomic E-state index is 0.0630. The molecule has 1 unspecified atom stereocenters. The van der Waals surface area contributed by atoms with Crippen LogP contribution in [-0.2, 0) is 14.8 Å². The second kappa shape index (κ2) is 6.58. The highest BCUT2D eigenvalue weighted by Crippen LogP contribution is 2.02. The molecule has 15 heavy (non-hydrogen) atoms. The van der Waals surface area contributed by atoms with Crippen LogP contribution in [0.3, 0.4) is 0 Å². The van der Waals surface area contributed by atoms with Crippen molar-refractivity contribution in [1.82, 2.24) is 4.72 Å². The molecule has 0 rings (SSSR count). The lowest BCUT2D eigenvalue weighted by Gasteiger charge is -2.12. The van der Waals surface area contributed by atoms with Gasteiger partial charge < -0.3 is 5.11 Å². The van der Waals surface area contributed by atoms with Gasteiger partial charge in [-0.2, -0.15) is 0 Å². The van der Waals surface area contributed by atoms with Crippen LogP contribution in [0.5, 0.6) is 0 Å². The zero-order valence-electron chi connectivity index (χ0n) is 8.77. The van der Waals surface area contributed by atoms with E-state index >= 15 is 0 Å². The Morgan fingerprint density at radius 2 is 2.20 bits per heavy atom. The number of hydrogen-bond donors (Lipinski definition) is 2. The molecule has 0 amide bonds. The molecule has 0 aromatic heterocycles. The van der Waals surface area contributed by atoms with E-state index < -0.39 is 16.0 Å². The normalized spacial score (nSPS) is 13.4. The number of rotatable bonds is 8. The lowest BCUT2D eigenvalue weighted by Crippen LogP contribution is -2.33. The first kappa shape index (κ1) is 14.1. The van der Waals surface area contributed by atoms with E-state index in [0.717, 1.165) is 0 Å². The van der Waals surface area contributed by atoms with Gasteiger partial charge in [-0.3, -0.25) is 4.79 Å². The van der Waals surface area contributed by atoms with Crippen LogP contribution >= 0.6 is 0 Å². The summed E-state index contributed by atoms with van der Waals surface area (Å²) in [5, 5.41) is 8.39. The third-order valence-corrected chi connectivity index (χ3v) is 3.18. The second-order valence-electron chi connectivity index (χ2n) is 3.37. The summed E-state index contributed by atoms with van der Waals surface area (Å²) in [5.41, 5.74) is 0. The predicted molar refractivity (Wildman–Crippen MR) is 58.1 cm³/mol. The summed E-state index contributed by atoms with van der Waals surface area (Å²) in [6.07, 6.45) is 2.36. The molecule has 0 aliphatic carbocycles. The number of hydrogen-bond acceptors (Lipinski definition) is 3. The molecule has 0 fully saturated rings. The maximum atomic E-state index is 11.2. The Kier molecular flexibility index (Phi) is 6.19. The molecule has 0 aromatic rings. The van der Waals surface area contributed by atoms with E-state index in [1.165, 1.54) is 6.08 Å². The van der Waals surface area contributed by atoms with Crippen molar-refractivity contribution in [3.05, 3.63) is 12.7 Å². The Morgan fingerprint density at radius 3 is 2.67 bits per heavy atom. The SMILES string of the molecule is C=CCS(=O)(=O)NC(C)CCCC(=O)O. The first-order chi connectivity index (χ1) is 6.87. The molecule has 1 atom stereocenters. The van der Waals surface area contributed by atoms with Gasteiger partial charge in [-0.1, -0.05) is 6.08 Å². The van der Waals surface area contributed by atoms with Gasteiger partial charge >= 0.3 is 5.97 Å². The summed E-state index contributed by atoms with van der Waals surface area (Å²) in [6, 6.07) is -0.241. The fourth-order valence-electron chi connectivity index (χ4n) is 1.13. The van der Waals surface area contributed by atoms with Crippen LogP contribution in [0.15, 0.2) is 12.7 Å². The van der Waals surface area contributed by atoms with Gasteiger partial charge in [-0.25, -0.2) is 13.1 Å². The first-order valence-electron chi connectivity index (χ1n) is 4.70. The molecule has 0 saturated carbocycles. The third kappa shape index (κ3) is 8.14. The van der Waals surface area contributed by atoms with Crippen molar-refractivity contribution in [1.29, 1.82) is 0 Å². The molecule has 0 radical (unpaired) electrons. The zero-order chi connectivity index (χ0) is 11.9. The monoisotopic (exact) mass is 235 g/mol. The molecule has 0 aliphatic heterocycles. The maximum Gasteiger partial charge on any atom is 0.303 e. The number of carboxylic acid groups (broad SMARTS) is 1. The molecule has 0 bridgehead atoms. The second-order valence-corrected chi connectivity index (χ2v) is 5.17. The number of aliphatic carboxylic acids is 1. The van der Waals surface area contributed by atoms with Crippen molar-refractivity contribution in [2.45, 2.75) is 32.2 Å². The summed E-state index contributed by atoms with van der Waals surface area (Å²) in [5.74, 6) is -0.979. The average Bonchev–Trinajstić information content (AvgIpc) is 2.01. The van der Waals surface area contributed by atoms with E-state index in [9.17, 15) is 13.2 Å². The highest BCUT2D eigenvalue weighted by Gasteiger charge is 2.12. The minimum atomic E-state index is -3.30. The predicted octanol–water partition coefficient (Wildman–Crippen LogP) is 0.735. The molecule has 0 aliphatic rings. The maximum absolute atomic E-state index is 11.2. The first-order valence-corrected chi connectivity index (χ1v) is 6.35. The molecule has 88 valence electrons. The molecule has 6 heteroatoms. The minimum Gasteiger partial charge on any atom is -0.481 e. The van der Waals surface area contributed by atoms with Crippen molar-refractivity contribution >= 4 is 16.0 Å². The molecule has 0 saturated heterocycles. The Bertz CT molecular complexity index is 310. The fraction of sp³-hybridized carbons (Fsp3) is 0.667. The van der Waals surface area contributed by atoms with Crippen LogP contribution in [0.4, 0.5) is 0 Å². The van der Waals surface area contributed by atoms with E-state index in [2.05, 4.69) is 11.3 Å². The van der Waals surface area contributed by atoms with Crippen molar-refractivity contribution in [2.75, 3.05) is 5.75 Å². The van der Waals surface area contributed by atoms with Crippen LogP contribution in [0.25, 0.3) is 0 Å². The van der Waals surface area contributed by atoms with Gasteiger partial charge in [0.25, 0.3) is 0 Å². The molecule has 0 heterocycles. The highest BCUT2D eigenvalue weighted by atomic mass is 32.2. The van der Waals surface area contributed by atoms with Crippen LogP contribution in [0.2, 0.25) is 0 Å². The van der Waals surface area contributed by atoms with Crippen molar-refractivity contribution < 1.29 is 18.3 Å². The summed E-state index contributed by atoms with van der Waals surface area (Å²) in [4.78, 5) is 10.2. The van der Waals surface area contributed by atoms with Gasteiger partial charge in [0.05, 0.1) is 5.75 Å². The van der Waals surface area contributed by atoms with Gasteiger partial charge in [-0.15, -0.1) is 6.58 Å². The van der Waals surface area contributed by atoms with E-state index in [1.807, 2.05) is 0 Å². The Hall–Kier alpha value is -0.880. The van der Waals surface area contributed by atoms with E-state index in [-0.39, 0.29) is 18.2 Å². The number of nitrogens with one attached hydrogen (secondary N) is 1. The Labute approximate surface area is 90.2 Å². The van der Waals surface area contributed by atoms with Gasteiger partial charge in [0.2, 0.25) is 10.0 Å².